The van der Waals surface area contributed by atoms with Crippen molar-refractivity contribution >= 4 is 16.1 Å². The van der Waals surface area contributed by atoms with Crippen LogP contribution in [0, 0.1) is 0 Å². The van der Waals surface area contributed by atoms with Crippen molar-refractivity contribution in [3.63, 3.8) is 0 Å². The summed E-state index contributed by atoms with van der Waals surface area (Å²) in [6, 6.07) is -0.766. The van der Waals surface area contributed by atoms with Crippen molar-refractivity contribution in [3.05, 3.63) is 24.6 Å². The summed E-state index contributed by atoms with van der Waals surface area (Å²) in [5.74, 6) is 0. The zero-order chi connectivity index (χ0) is 11.5. The Labute approximate surface area is 83.1 Å². The van der Waals surface area contributed by atoms with Gasteiger partial charge in [-0.2, -0.15) is 21.6 Å². The first kappa shape index (κ1) is 11.6. The highest BCUT2D eigenvalue weighted by molar-refractivity contribution is 7.88. The molecule has 0 saturated heterocycles. The Morgan fingerprint density at radius 2 is 2.00 bits per heavy atom. The second-order valence-corrected chi connectivity index (χ2v) is 3.80. The molecule has 0 atom stereocenters. The minimum absolute atomic E-state index is 0.766. The Hall–Kier alpha value is -1.51. The summed E-state index contributed by atoms with van der Waals surface area (Å²) in [6.45, 7) is 0. The molecular weight excluding hydrogens is 237 g/mol. The van der Waals surface area contributed by atoms with Gasteiger partial charge in [-0.3, -0.25) is 0 Å². The Morgan fingerprint density at radius 1 is 1.33 bits per heavy atom. The molecule has 0 saturated carbocycles. The smallest absolute Gasteiger partial charge is 0.339 e. The van der Waals surface area contributed by atoms with Gasteiger partial charge in [0.15, 0.2) is 0 Å². The van der Waals surface area contributed by atoms with E-state index in [1.165, 1.54) is 18.4 Å². The van der Waals surface area contributed by atoms with Gasteiger partial charge in [0.05, 0.1) is 0 Å². The summed E-state index contributed by atoms with van der Waals surface area (Å²) in [4.78, 5) is 3.28. The van der Waals surface area contributed by atoms with Crippen LogP contribution in [0.5, 0.6) is 0 Å². The van der Waals surface area contributed by atoms with E-state index in [2.05, 4.69) is 14.5 Å². The lowest BCUT2D eigenvalue weighted by Gasteiger charge is -2.09. The molecule has 84 valence electrons. The molecule has 1 aliphatic heterocycles. The third-order valence-corrected chi connectivity index (χ3v) is 2.11. The summed E-state index contributed by atoms with van der Waals surface area (Å²) in [5.41, 5.74) is -5.48. The van der Waals surface area contributed by atoms with Gasteiger partial charge in [-0.1, -0.05) is 0 Å². The van der Waals surface area contributed by atoms with E-state index in [1.807, 2.05) is 0 Å². The number of nitrogens with zero attached hydrogens (tertiary/aromatic N) is 1. The van der Waals surface area contributed by atoms with Crippen molar-refractivity contribution in [2.24, 2.45) is 4.99 Å². The lowest BCUT2D eigenvalue weighted by atomic mass is 10.6. The lowest BCUT2D eigenvalue weighted by molar-refractivity contribution is -0.0505. The number of alkyl halides is 3. The molecule has 1 heterocycles. The molecule has 15 heavy (non-hydrogen) atoms. The normalized spacial score (nSPS) is 16.6. The van der Waals surface area contributed by atoms with Crippen LogP contribution in [0.2, 0.25) is 0 Å². The number of nitrogens with one attached hydrogen (secondary N) is 1. The molecule has 1 rings (SSSR count). The highest BCUT2D eigenvalue weighted by atomic mass is 32.2. The van der Waals surface area contributed by atoms with Crippen molar-refractivity contribution in [3.8, 4) is 0 Å². The molecule has 0 radical (unpaired) electrons. The maximum Gasteiger partial charge on any atom is 0.534 e. The number of hydrogen-bond donors (Lipinski definition) is 1. The molecule has 0 aliphatic carbocycles. The molecule has 0 aromatic carbocycles. The molecule has 0 aromatic rings. The van der Waals surface area contributed by atoms with Crippen molar-refractivity contribution in [1.82, 2.24) is 5.32 Å². The standard InChI is InChI=1S/C6H5F3N2O3S/c7-6(8,9)15(12,13)14-5-10-3-1-2-4-11-5/h1-4H,(H,10,11). The fourth-order valence-corrected chi connectivity index (χ4v) is 0.963. The highest BCUT2D eigenvalue weighted by Gasteiger charge is 2.49. The van der Waals surface area contributed by atoms with E-state index in [0.29, 0.717) is 0 Å². The zero-order valence-electron chi connectivity index (χ0n) is 7.02. The monoisotopic (exact) mass is 242 g/mol. The fourth-order valence-electron chi connectivity index (χ4n) is 0.569. The van der Waals surface area contributed by atoms with Gasteiger partial charge in [0, 0.05) is 12.4 Å². The number of amidine groups is 1. The summed E-state index contributed by atoms with van der Waals surface area (Å²) >= 11 is 0. The molecule has 1 N–H and O–H groups in total. The molecule has 0 aromatic heterocycles. The van der Waals surface area contributed by atoms with Crippen molar-refractivity contribution in [2.75, 3.05) is 0 Å². The summed E-state index contributed by atoms with van der Waals surface area (Å²) in [5, 5.41) is 2.12. The average molecular weight is 242 g/mol. The largest absolute Gasteiger partial charge is 0.534 e. The van der Waals surface area contributed by atoms with Crippen LogP contribution >= 0.6 is 0 Å². The molecule has 5 nitrogen and oxygen atoms in total. The van der Waals surface area contributed by atoms with E-state index in [1.54, 1.807) is 0 Å². The van der Waals surface area contributed by atoms with E-state index in [0.717, 1.165) is 6.20 Å². The van der Waals surface area contributed by atoms with Crippen LogP contribution in [-0.2, 0) is 14.3 Å². The van der Waals surface area contributed by atoms with Gasteiger partial charge in [0.2, 0.25) is 0 Å². The predicted octanol–water partition coefficient (Wildman–Crippen LogP) is 0.839. The number of rotatable bonds is 1. The van der Waals surface area contributed by atoms with Gasteiger partial charge in [-0.25, -0.2) is 4.99 Å². The number of hydrogen-bond acceptors (Lipinski definition) is 5. The molecule has 0 unspecified atom stereocenters. The van der Waals surface area contributed by atoms with Crippen LogP contribution in [-0.4, -0.2) is 19.9 Å². The third-order valence-electron chi connectivity index (χ3n) is 1.16. The van der Waals surface area contributed by atoms with Gasteiger partial charge in [-0.05, 0) is 12.2 Å². The minimum Gasteiger partial charge on any atom is -0.339 e. The molecule has 0 bridgehead atoms. The molecule has 0 amide bonds. The highest BCUT2D eigenvalue weighted by Crippen LogP contribution is 2.24. The van der Waals surface area contributed by atoms with Crippen molar-refractivity contribution < 1.29 is 25.8 Å². The third kappa shape index (κ3) is 2.98. The summed E-state index contributed by atoms with van der Waals surface area (Å²) < 4.78 is 60.3. The van der Waals surface area contributed by atoms with Gasteiger partial charge < -0.3 is 9.50 Å². The first-order valence-electron chi connectivity index (χ1n) is 3.50. The van der Waals surface area contributed by atoms with E-state index >= 15 is 0 Å². The SMILES string of the molecule is O=S(=O)(OC1=NC=CC=CN1)C(F)(F)F. The van der Waals surface area contributed by atoms with E-state index in [-0.39, 0.29) is 0 Å². The fraction of sp³-hybridized carbons (Fsp3) is 0.167. The Morgan fingerprint density at radius 3 is 2.60 bits per heavy atom. The second-order valence-electron chi connectivity index (χ2n) is 2.26. The first-order valence-corrected chi connectivity index (χ1v) is 4.90. The maximum atomic E-state index is 11.9. The minimum atomic E-state index is -5.67. The van der Waals surface area contributed by atoms with Gasteiger partial charge in [0.1, 0.15) is 0 Å². The van der Waals surface area contributed by atoms with E-state index < -0.39 is 21.6 Å². The molecular formula is C6H5F3N2O3S. The van der Waals surface area contributed by atoms with Gasteiger partial charge in [-0.15, -0.1) is 0 Å². The van der Waals surface area contributed by atoms with Crippen molar-refractivity contribution in [1.29, 1.82) is 0 Å². The van der Waals surface area contributed by atoms with Gasteiger partial charge in [0.25, 0.3) is 0 Å². The number of allylic oxidation sites excluding steroid dienone is 2. The zero-order valence-corrected chi connectivity index (χ0v) is 7.84. The van der Waals surface area contributed by atoms with Gasteiger partial charge >= 0.3 is 21.6 Å². The maximum absolute atomic E-state index is 11.9. The first-order chi connectivity index (χ1) is 6.83. The second kappa shape index (κ2) is 3.93. The molecule has 0 spiro atoms. The van der Waals surface area contributed by atoms with E-state index in [4.69, 9.17) is 0 Å². The Bertz CT molecular complexity index is 421. The Balaban J connectivity index is 2.83. The van der Waals surface area contributed by atoms with E-state index in [9.17, 15) is 21.6 Å². The van der Waals surface area contributed by atoms with Crippen LogP contribution in [0.3, 0.4) is 0 Å². The Kier molecular flexibility index (Phi) is 3.03. The molecule has 1 aliphatic rings. The predicted molar refractivity (Wildman–Crippen MR) is 44.9 cm³/mol. The van der Waals surface area contributed by atoms with Crippen LogP contribution in [0.15, 0.2) is 29.5 Å². The van der Waals surface area contributed by atoms with Crippen molar-refractivity contribution in [2.45, 2.75) is 5.51 Å². The number of aliphatic imine (C=N–C) groups is 1. The van der Waals surface area contributed by atoms with Crippen LogP contribution in [0.25, 0.3) is 0 Å². The van der Waals surface area contributed by atoms with Crippen LogP contribution < -0.4 is 5.32 Å². The summed E-state index contributed by atoms with van der Waals surface area (Å²) in [6.07, 6.45) is 5.04. The molecule has 0 fully saturated rings. The summed E-state index contributed by atoms with van der Waals surface area (Å²) in [7, 11) is -5.67. The topological polar surface area (TPSA) is 67.8 Å². The lowest BCUT2D eigenvalue weighted by Crippen LogP contribution is -2.32. The number of halogens is 3. The molecule has 9 heteroatoms. The van der Waals surface area contributed by atoms with Crippen LogP contribution in [0.1, 0.15) is 0 Å². The quantitative estimate of drug-likeness (QED) is 0.546. The average Bonchev–Trinajstić information content (AvgIpc) is 2.30. The van der Waals surface area contributed by atoms with Crippen LogP contribution in [0.4, 0.5) is 13.2 Å².